The number of carbonyl (C=O) groups excluding carboxylic acids is 1. The summed E-state index contributed by atoms with van der Waals surface area (Å²) in [5.74, 6) is -0.722. The van der Waals surface area contributed by atoms with Gasteiger partial charge in [-0.05, 0) is 35.4 Å². The van der Waals surface area contributed by atoms with Crippen LogP contribution in [0.4, 0.5) is 10.1 Å². The van der Waals surface area contributed by atoms with Gasteiger partial charge in [-0.15, -0.1) is 0 Å². The second-order valence-electron chi connectivity index (χ2n) is 8.61. The molecule has 1 aliphatic heterocycles. The fourth-order valence-electron chi connectivity index (χ4n) is 4.38. The minimum atomic E-state index is -3.49. The SMILES string of the molecule is O=C(CC(c1ccccc1)c1ccccc1)NCCS(=O)(=O)N1CCN(c2ccc(F)cc2)CC1. The molecule has 0 unspecified atom stereocenters. The molecule has 1 amide bonds. The van der Waals surface area contributed by atoms with E-state index in [9.17, 15) is 17.6 Å². The third kappa shape index (κ3) is 6.68. The highest BCUT2D eigenvalue weighted by atomic mass is 32.2. The van der Waals surface area contributed by atoms with E-state index in [1.165, 1.54) is 16.4 Å². The van der Waals surface area contributed by atoms with Crippen LogP contribution in [0.15, 0.2) is 84.9 Å². The lowest BCUT2D eigenvalue weighted by atomic mass is 9.88. The number of anilines is 1. The van der Waals surface area contributed by atoms with Gasteiger partial charge in [-0.1, -0.05) is 60.7 Å². The molecule has 184 valence electrons. The number of halogens is 1. The maximum Gasteiger partial charge on any atom is 0.220 e. The molecule has 4 rings (SSSR count). The molecule has 6 nitrogen and oxygen atoms in total. The average Bonchev–Trinajstić information content (AvgIpc) is 2.89. The smallest absolute Gasteiger partial charge is 0.220 e. The predicted molar refractivity (Wildman–Crippen MR) is 136 cm³/mol. The Balaban J connectivity index is 1.28. The van der Waals surface area contributed by atoms with Crippen molar-refractivity contribution in [3.05, 3.63) is 102 Å². The normalized spacial score (nSPS) is 14.7. The van der Waals surface area contributed by atoms with Gasteiger partial charge in [0.15, 0.2) is 0 Å². The summed E-state index contributed by atoms with van der Waals surface area (Å²) in [6.45, 7) is 1.85. The van der Waals surface area contributed by atoms with E-state index in [1.807, 2.05) is 65.6 Å². The second-order valence-corrected chi connectivity index (χ2v) is 10.7. The monoisotopic (exact) mass is 495 g/mol. The van der Waals surface area contributed by atoms with Crippen molar-refractivity contribution in [2.24, 2.45) is 0 Å². The molecule has 0 spiro atoms. The van der Waals surface area contributed by atoms with Gasteiger partial charge in [-0.25, -0.2) is 12.8 Å². The first-order valence-electron chi connectivity index (χ1n) is 11.8. The van der Waals surface area contributed by atoms with Gasteiger partial charge in [0, 0.05) is 50.7 Å². The summed E-state index contributed by atoms with van der Waals surface area (Å²) in [6, 6.07) is 25.9. The van der Waals surface area contributed by atoms with Gasteiger partial charge >= 0.3 is 0 Å². The number of rotatable bonds is 9. The molecule has 0 radical (unpaired) electrons. The minimum Gasteiger partial charge on any atom is -0.369 e. The largest absolute Gasteiger partial charge is 0.369 e. The molecule has 35 heavy (non-hydrogen) atoms. The summed E-state index contributed by atoms with van der Waals surface area (Å²) in [4.78, 5) is 14.8. The van der Waals surface area contributed by atoms with E-state index < -0.39 is 10.0 Å². The summed E-state index contributed by atoms with van der Waals surface area (Å²) < 4.78 is 40.3. The zero-order valence-electron chi connectivity index (χ0n) is 19.5. The van der Waals surface area contributed by atoms with Crippen LogP contribution in [0.5, 0.6) is 0 Å². The Labute approximate surface area is 206 Å². The molecule has 8 heteroatoms. The Morgan fingerprint density at radius 1 is 0.829 bits per heavy atom. The lowest BCUT2D eigenvalue weighted by molar-refractivity contribution is -0.121. The van der Waals surface area contributed by atoms with Crippen LogP contribution < -0.4 is 10.2 Å². The number of piperazine rings is 1. The van der Waals surface area contributed by atoms with Crippen molar-refractivity contribution in [1.82, 2.24) is 9.62 Å². The third-order valence-corrected chi connectivity index (χ3v) is 8.17. The Morgan fingerprint density at radius 2 is 1.37 bits per heavy atom. The molecule has 0 aliphatic carbocycles. The van der Waals surface area contributed by atoms with E-state index in [1.54, 1.807) is 12.1 Å². The van der Waals surface area contributed by atoms with E-state index in [2.05, 4.69) is 5.32 Å². The highest BCUT2D eigenvalue weighted by Crippen LogP contribution is 2.27. The lowest BCUT2D eigenvalue weighted by Gasteiger charge is -2.35. The summed E-state index contributed by atoms with van der Waals surface area (Å²) in [7, 11) is -3.49. The zero-order valence-corrected chi connectivity index (χ0v) is 20.3. The van der Waals surface area contributed by atoms with Crippen molar-refractivity contribution in [1.29, 1.82) is 0 Å². The molecular formula is C27H30FN3O3S. The Hall–Kier alpha value is -3.23. The number of benzene rings is 3. The number of carbonyl (C=O) groups is 1. The first kappa shape index (κ1) is 24.9. The minimum absolute atomic E-state index is 0.0651. The maximum absolute atomic E-state index is 13.2. The molecule has 1 saturated heterocycles. The molecule has 3 aromatic carbocycles. The Bertz CT molecular complexity index is 1160. The highest BCUT2D eigenvalue weighted by molar-refractivity contribution is 7.89. The van der Waals surface area contributed by atoms with Gasteiger partial charge in [0.05, 0.1) is 5.75 Å². The van der Waals surface area contributed by atoms with Crippen LogP contribution in [0.1, 0.15) is 23.5 Å². The van der Waals surface area contributed by atoms with Crippen LogP contribution in [-0.4, -0.2) is 57.1 Å². The number of sulfonamides is 1. The van der Waals surface area contributed by atoms with Crippen molar-refractivity contribution >= 4 is 21.6 Å². The fourth-order valence-corrected chi connectivity index (χ4v) is 5.72. The van der Waals surface area contributed by atoms with Crippen molar-refractivity contribution < 1.29 is 17.6 Å². The average molecular weight is 496 g/mol. The molecule has 0 atom stereocenters. The van der Waals surface area contributed by atoms with Crippen LogP contribution in [0, 0.1) is 5.82 Å². The topological polar surface area (TPSA) is 69.7 Å². The molecule has 0 aromatic heterocycles. The van der Waals surface area contributed by atoms with E-state index in [4.69, 9.17) is 0 Å². The van der Waals surface area contributed by atoms with Gasteiger partial charge in [-0.2, -0.15) is 4.31 Å². The number of nitrogens with one attached hydrogen (secondary N) is 1. The molecule has 1 heterocycles. The molecule has 1 N–H and O–H groups in total. The van der Waals surface area contributed by atoms with Gasteiger partial charge in [0.25, 0.3) is 0 Å². The van der Waals surface area contributed by atoms with E-state index >= 15 is 0 Å². The van der Waals surface area contributed by atoms with Gasteiger partial charge in [0.1, 0.15) is 5.82 Å². The first-order valence-corrected chi connectivity index (χ1v) is 13.4. The van der Waals surface area contributed by atoms with Crippen LogP contribution in [-0.2, 0) is 14.8 Å². The lowest BCUT2D eigenvalue weighted by Crippen LogP contribution is -2.50. The number of amides is 1. The summed E-state index contributed by atoms with van der Waals surface area (Å²) in [5, 5.41) is 2.80. The van der Waals surface area contributed by atoms with Crippen molar-refractivity contribution in [3.8, 4) is 0 Å². The number of hydrogen-bond acceptors (Lipinski definition) is 4. The summed E-state index contributed by atoms with van der Waals surface area (Å²) in [6.07, 6.45) is 0.240. The predicted octanol–water partition coefficient (Wildman–Crippen LogP) is 3.62. The second kappa shape index (κ2) is 11.5. The van der Waals surface area contributed by atoms with E-state index in [-0.39, 0.29) is 36.4 Å². The fraction of sp³-hybridized carbons (Fsp3) is 0.296. The molecular weight excluding hydrogens is 465 g/mol. The summed E-state index contributed by atoms with van der Waals surface area (Å²) in [5.41, 5.74) is 2.96. The molecule has 1 aliphatic rings. The standard InChI is InChI=1S/C27H30FN3O3S/c28-24-11-13-25(14-12-24)30-16-18-31(19-17-30)35(33,34)20-15-29-27(32)21-26(22-7-3-1-4-8-22)23-9-5-2-6-10-23/h1-14,26H,15-21H2,(H,29,32). The first-order chi connectivity index (χ1) is 16.9. The van der Waals surface area contributed by atoms with Crippen LogP contribution >= 0.6 is 0 Å². The van der Waals surface area contributed by atoms with Gasteiger partial charge < -0.3 is 10.2 Å². The summed E-state index contributed by atoms with van der Waals surface area (Å²) >= 11 is 0. The van der Waals surface area contributed by atoms with Crippen molar-refractivity contribution in [3.63, 3.8) is 0 Å². The quantitative estimate of drug-likeness (QED) is 0.492. The highest BCUT2D eigenvalue weighted by Gasteiger charge is 2.27. The van der Waals surface area contributed by atoms with Crippen LogP contribution in [0.3, 0.4) is 0 Å². The van der Waals surface area contributed by atoms with E-state index in [0.29, 0.717) is 26.2 Å². The Kier molecular flexibility index (Phi) is 8.15. The van der Waals surface area contributed by atoms with Crippen molar-refractivity contribution in [2.45, 2.75) is 12.3 Å². The third-order valence-electron chi connectivity index (χ3n) is 6.30. The van der Waals surface area contributed by atoms with Crippen LogP contribution in [0.2, 0.25) is 0 Å². The van der Waals surface area contributed by atoms with E-state index in [0.717, 1.165) is 16.8 Å². The van der Waals surface area contributed by atoms with Gasteiger partial charge in [-0.3, -0.25) is 4.79 Å². The van der Waals surface area contributed by atoms with Gasteiger partial charge in [0.2, 0.25) is 15.9 Å². The molecule has 0 bridgehead atoms. The maximum atomic E-state index is 13.2. The zero-order chi connectivity index (χ0) is 24.7. The Morgan fingerprint density at radius 3 is 1.91 bits per heavy atom. The number of nitrogens with zero attached hydrogens (tertiary/aromatic N) is 2. The molecule has 1 fully saturated rings. The number of hydrogen-bond donors (Lipinski definition) is 1. The van der Waals surface area contributed by atoms with Crippen LogP contribution in [0.25, 0.3) is 0 Å². The molecule has 0 saturated carbocycles. The van der Waals surface area contributed by atoms with Crippen molar-refractivity contribution in [2.75, 3.05) is 43.4 Å². The molecule has 3 aromatic rings.